The first-order chi connectivity index (χ1) is 31.0. The van der Waals surface area contributed by atoms with Crippen LogP contribution in [-0.2, 0) is 82.9 Å². The predicted octanol–water partition coefficient (Wildman–Crippen LogP) is 4.18. The van der Waals surface area contributed by atoms with Gasteiger partial charge < -0.3 is 52.3 Å². The predicted molar refractivity (Wildman–Crippen MR) is 233 cm³/mol. The van der Waals surface area contributed by atoms with Crippen molar-refractivity contribution in [3.63, 3.8) is 0 Å². The van der Waals surface area contributed by atoms with Gasteiger partial charge in [0.15, 0.2) is 37.9 Å². The second kappa shape index (κ2) is 27.6. The Balaban J connectivity index is 0.905. The molecule has 10 bridgehead atoms. The minimum atomic E-state index is -0.317. The van der Waals surface area contributed by atoms with Crippen molar-refractivity contribution in [3.05, 3.63) is 96.6 Å². The van der Waals surface area contributed by atoms with Gasteiger partial charge in [0, 0.05) is 41.1 Å². The van der Waals surface area contributed by atoms with Crippen LogP contribution >= 0.6 is 11.8 Å². The molecule has 0 radical (unpaired) electrons. The van der Waals surface area contributed by atoms with Gasteiger partial charge in [-0.05, 0) is 46.5 Å². The average molecular weight is 892 g/mol. The van der Waals surface area contributed by atoms with Crippen LogP contribution in [0.4, 0.5) is 11.4 Å². The molecule has 4 aromatic rings. The number of ether oxygens (including phenoxy) is 10. The Labute approximate surface area is 374 Å². The highest BCUT2D eigenvalue weighted by molar-refractivity contribution is 7.99. The number of rotatable bonds is 0. The number of carbonyl (C=O) groups is 2. The highest BCUT2D eigenvalue weighted by Crippen LogP contribution is 2.48. The quantitative estimate of drug-likeness (QED) is 0.185. The van der Waals surface area contributed by atoms with Crippen molar-refractivity contribution in [1.29, 1.82) is 0 Å². The topological polar surface area (TPSA) is 137 Å². The molecule has 0 aliphatic carbocycles. The number of esters is 2. The van der Waals surface area contributed by atoms with E-state index in [1.54, 1.807) is 11.8 Å². The van der Waals surface area contributed by atoms with Crippen molar-refractivity contribution < 1.29 is 66.1 Å². The summed E-state index contributed by atoms with van der Waals surface area (Å²) in [5.41, 5.74) is 6.03. The molecule has 0 unspecified atom stereocenters. The summed E-state index contributed by atoms with van der Waals surface area (Å²) < 4.78 is 60.1. The number of pyridine rings is 2. The molecule has 2 aromatic heterocycles. The van der Waals surface area contributed by atoms with Gasteiger partial charge in [0.05, 0.1) is 117 Å². The van der Waals surface area contributed by atoms with E-state index in [9.17, 15) is 9.59 Å². The van der Waals surface area contributed by atoms with Gasteiger partial charge in [0.1, 0.15) is 26.4 Å². The Morgan fingerprint density at radius 2 is 0.810 bits per heavy atom. The maximum atomic E-state index is 12.6. The van der Waals surface area contributed by atoms with Gasteiger partial charge in [-0.25, -0.2) is 9.13 Å². The fourth-order valence-corrected chi connectivity index (χ4v) is 7.82. The van der Waals surface area contributed by atoms with Crippen molar-refractivity contribution in [2.45, 2.75) is 35.7 Å². The van der Waals surface area contributed by atoms with Gasteiger partial charge in [-0.1, -0.05) is 23.9 Å². The summed E-state index contributed by atoms with van der Waals surface area (Å²) in [4.78, 5) is 29.4. The normalized spacial score (nSPS) is 18.8. The molecule has 0 N–H and O–H groups in total. The summed E-state index contributed by atoms with van der Waals surface area (Å²) in [6.45, 7) is 9.06. The van der Waals surface area contributed by atoms with Crippen LogP contribution in [0.1, 0.15) is 11.1 Å². The molecule has 63 heavy (non-hydrogen) atoms. The van der Waals surface area contributed by atoms with Crippen molar-refractivity contribution in [3.8, 4) is 11.1 Å². The van der Waals surface area contributed by atoms with E-state index in [2.05, 4.69) is 63.1 Å². The van der Waals surface area contributed by atoms with E-state index >= 15 is 0 Å². The molecule has 9 aliphatic heterocycles. The Morgan fingerprint density at radius 3 is 1.25 bits per heavy atom. The third kappa shape index (κ3) is 17.2. The SMILES string of the molecule is CN1c2ccc3cc2Sc2ccc(cc21)CC(=O)OCCOCCOCCOCCOCC[n+]1ccc(cc1)-c1cc[n+](cc1)CCOCCOCCOCCOCCOC(=O)C3. The van der Waals surface area contributed by atoms with Gasteiger partial charge in [0.2, 0.25) is 0 Å². The van der Waals surface area contributed by atoms with Crippen molar-refractivity contribution in [1.82, 2.24) is 0 Å². The van der Waals surface area contributed by atoms with Crippen LogP contribution in [-0.4, -0.2) is 138 Å². The van der Waals surface area contributed by atoms with Gasteiger partial charge in [-0.15, -0.1) is 0 Å². The standard InChI is InChI=1S/C47H61N3O12S/c1-48-42-4-2-39-35-45(42)63-44-5-3-38(34-43(44)48)36-46(51)61-32-30-59-28-26-57-24-22-55-20-18-53-16-14-49-10-6-40(7-11-49)41-8-12-50(13-9-41)15-17-54-19-21-56-23-25-58-27-29-60-31-33-62-47(52)37-39/h2-13,34-35H,14-33,36-37H2,1H3/q+2. The smallest absolute Gasteiger partial charge is 0.310 e. The zero-order chi connectivity index (χ0) is 43.7. The highest BCUT2D eigenvalue weighted by atomic mass is 32.2. The van der Waals surface area contributed by atoms with Gasteiger partial charge in [-0.2, -0.15) is 0 Å². The van der Waals surface area contributed by atoms with E-state index in [1.165, 1.54) is 0 Å². The number of carbonyl (C=O) groups excluding carboxylic acids is 2. The summed E-state index contributed by atoms with van der Waals surface area (Å²) >= 11 is 1.63. The highest BCUT2D eigenvalue weighted by Gasteiger charge is 2.22. The summed E-state index contributed by atoms with van der Waals surface area (Å²) in [6, 6.07) is 20.4. The maximum absolute atomic E-state index is 12.6. The third-order valence-corrected chi connectivity index (χ3v) is 11.1. The lowest BCUT2D eigenvalue weighted by Crippen LogP contribution is -2.35. The molecular weight excluding hydrogens is 831 g/mol. The number of anilines is 2. The molecule has 0 amide bonds. The first-order valence-corrected chi connectivity index (χ1v) is 22.4. The molecule has 0 atom stereocenters. The summed E-state index contributed by atoms with van der Waals surface area (Å²) in [7, 11) is 2.00. The zero-order valence-corrected chi connectivity index (χ0v) is 37.1. The molecule has 0 spiro atoms. The van der Waals surface area contributed by atoms with Crippen LogP contribution in [0.5, 0.6) is 0 Å². The van der Waals surface area contributed by atoms with E-state index in [0.717, 1.165) is 56.5 Å². The van der Waals surface area contributed by atoms with Crippen molar-refractivity contribution in [2.75, 3.05) is 131 Å². The minimum absolute atomic E-state index is 0.153. The fraction of sp³-hybridized carbons (Fsp3) is 0.489. The number of nitrogens with zero attached hydrogens (tertiary/aromatic N) is 3. The molecule has 9 aliphatic rings. The van der Waals surface area contributed by atoms with Crippen LogP contribution in [0.2, 0.25) is 0 Å². The molecule has 13 rings (SSSR count). The van der Waals surface area contributed by atoms with Crippen LogP contribution < -0.4 is 14.0 Å². The Kier molecular flexibility index (Phi) is 21.1. The minimum Gasteiger partial charge on any atom is -0.463 e. The number of hydrogen-bond donors (Lipinski definition) is 0. The van der Waals surface area contributed by atoms with E-state index < -0.39 is 0 Å². The maximum Gasteiger partial charge on any atom is 0.310 e. The number of benzene rings is 2. The molecular formula is C47H61N3O12S+2. The van der Waals surface area contributed by atoms with Crippen molar-refractivity contribution in [2.24, 2.45) is 0 Å². The van der Waals surface area contributed by atoms with Gasteiger partial charge in [-0.3, -0.25) is 9.59 Å². The second-order valence-electron chi connectivity index (χ2n) is 14.6. The van der Waals surface area contributed by atoms with E-state index in [-0.39, 0.29) is 51.2 Å². The van der Waals surface area contributed by atoms with E-state index in [1.807, 2.05) is 43.4 Å². The molecule has 11 heterocycles. The second-order valence-corrected chi connectivity index (χ2v) is 15.7. The van der Waals surface area contributed by atoms with Crippen LogP contribution in [0.25, 0.3) is 11.1 Å². The monoisotopic (exact) mass is 891 g/mol. The van der Waals surface area contributed by atoms with Crippen LogP contribution in [0, 0.1) is 0 Å². The first kappa shape index (κ1) is 48.0. The molecule has 16 heteroatoms. The summed E-state index contributed by atoms with van der Waals surface area (Å²) in [5, 5.41) is 0. The fourth-order valence-electron chi connectivity index (χ4n) is 6.62. The summed E-state index contributed by atoms with van der Waals surface area (Å²) in [6.07, 6.45) is 8.56. The van der Waals surface area contributed by atoms with E-state index in [0.29, 0.717) is 92.5 Å². The van der Waals surface area contributed by atoms with Gasteiger partial charge >= 0.3 is 11.9 Å². The lowest BCUT2D eigenvalue weighted by Gasteiger charge is -2.30. The zero-order valence-electron chi connectivity index (χ0n) is 36.3. The van der Waals surface area contributed by atoms with E-state index in [4.69, 9.17) is 47.4 Å². The summed E-state index contributed by atoms with van der Waals surface area (Å²) in [5.74, 6) is -0.632. The molecule has 15 nitrogen and oxygen atoms in total. The largest absolute Gasteiger partial charge is 0.463 e. The number of aromatic nitrogens is 2. The lowest BCUT2D eigenvalue weighted by atomic mass is 10.1. The molecule has 0 saturated carbocycles. The Morgan fingerprint density at radius 1 is 0.429 bits per heavy atom. The lowest BCUT2D eigenvalue weighted by molar-refractivity contribution is -0.698. The number of hydrogen-bond acceptors (Lipinski definition) is 14. The average Bonchev–Trinajstić information content (AvgIpc) is 3.29. The van der Waals surface area contributed by atoms with Crippen molar-refractivity contribution >= 4 is 35.1 Å². The van der Waals surface area contributed by atoms with Gasteiger partial charge in [0.25, 0.3) is 0 Å². The van der Waals surface area contributed by atoms with Crippen LogP contribution in [0.3, 0.4) is 0 Å². The Hall–Kier alpha value is -4.49. The first-order valence-electron chi connectivity index (χ1n) is 21.6. The molecule has 0 saturated heterocycles. The molecule has 0 fully saturated rings. The molecule has 2 aromatic carbocycles. The molecule has 340 valence electrons. The third-order valence-electron chi connectivity index (χ3n) is 10.0. The Bertz CT molecular complexity index is 1970. The van der Waals surface area contributed by atoms with Crippen LogP contribution in [0.15, 0.2) is 95.2 Å².